The van der Waals surface area contributed by atoms with Crippen molar-refractivity contribution in [2.24, 2.45) is 12.1 Å². The average molecular weight is 255 g/mol. The summed E-state index contributed by atoms with van der Waals surface area (Å²) in [6.07, 6.45) is 6.16. The zero-order valence-corrected chi connectivity index (χ0v) is 9.44. The first kappa shape index (κ1) is 11.3. The Balaban J connectivity index is 2.61. The van der Waals surface area contributed by atoms with E-state index in [-0.39, 0.29) is 10.9 Å². The highest BCUT2D eigenvalue weighted by molar-refractivity contribution is 6.28. The van der Waals surface area contributed by atoms with Crippen LogP contribution in [0.3, 0.4) is 0 Å². The fourth-order valence-electron chi connectivity index (χ4n) is 1.29. The third-order valence-electron chi connectivity index (χ3n) is 2.03. The van der Waals surface area contributed by atoms with Gasteiger partial charge in [-0.25, -0.2) is 20.1 Å². The van der Waals surface area contributed by atoms with Gasteiger partial charge in [0.15, 0.2) is 5.03 Å². The van der Waals surface area contributed by atoms with Gasteiger partial charge >= 0.3 is 0 Å². The molecule has 0 aliphatic heterocycles. The average Bonchev–Trinajstić information content (AvgIpc) is 2.61. The molecule has 0 unspecified atom stereocenters. The second kappa shape index (κ2) is 4.34. The van der Waals surface area contributed by atoms with E-state index in [9.17, 15) is 10.1 Å². The number of hydrogen-bond acceptors (Lipinski definition) is 4. The molecule has 0 spiro atoms. The normalized spacial score (nSPS) is 11.8. The number of hydrogen-bond donors (Lipinski definition) is 0. The number of nitrogens with zero attached hydrogens (tertiary/aromatic N) is 6. The lowest BCUT2D eigenvalue weighted by atomic mass is 10.5. The van der Waals surface area contributed by atoms with Crippen molar-refractivity contribution in [1.82, 2.24) is 19.1 Å². The van der Waals surface area contributed by atoms with Gasteiger partial charge in [-0.15, -0.1) is 0 Å². The van der Waals surface area contributed by atoms with E-state index in [1.54, 1.807) is 19.4 Å². The molecule has 0 radical (unpaired) electrons. The molecule has 2 aromatic rings. The van der Waals surface area contributed by atoms with Crippen LogP contribution >= 0.6 is 11.6 Å². The Bertz CT molecular complexity index is 614. The molecule has 0 saturated heterocycles. The van der Waals surface area contributed by atoms with E-state index in [0.29, 0.717) is 5.69 Å². The predicted molar refractivity (Wildman–Crippen MR) is 57.9 cm³/mol. The molecule has 0 fully saturated rings. The minimum atomic E-state index is -0.761. The number of halogens is 1. The highest BCUT2D eigenvalue weighted by Gasteiger charge is 2.06. The minimum Gasteiger partial charge on any atom is -0.315 e. The highest BCUT2D eigenvalue weighted by Crippen LogP contribution is 2.04. The summed E-state index contributed by atoms with van der Waals surface area (Å²) in [4.78, 5) is 18.0. The molecule has 2 heterocycles. The summed E-state index contributed by atoms with van der Waals surface area (Å²) in [6.45, 7) is 0. The van der Waals surface area contributed by atoms with Crippen molar-refractivity contribution in [2.75, 3.05) is 0 Å². The van der Waals surface area contributed by atoms with Crippen LogP contribution in [0.2, 0.25) is 5.28 Å². The van der Waals surface area contributed by atoms with Gasteiger partial charge in [-0.3, -0.25) is 4.57 Å². The Morgan fingerprint density at radius 3 is 2.65 bits per heavy atom. The van der Waals surface area contributed by atoms with Crippen LogP contribution in [-0.2, 0) is 7.05 Å². The van der Waals surface area contributed by atoms with Crippen molar-refractivity contribution in [3.63, 3.8) is 0 Å². The molecule has 0 atom stereocenters. The first-order chi connectivity index (χ1) is 8.08. The first-order valence-corrected chi connectivity index (χ1v) is 4.86. The van der Waals surface area contributed by atoms with Crippen molar-refractivity contribution >= 4 is 11.6 Å². The maximum Gasteiger partial charge on any atom is 0.286 e. The third-order valence-corrected chi connectivity index (χ3v) is 2.22. The first-order valence-electron chi connectivity index (χ1n) is 4.49. The van der Waals surface area contributed by atoms with Crippen molar-refractivity contribution < 1.29 is 5.03 Å². The molecule has 2 aromatic heterocycles. The number of aromatic nitrogens is 4. The van der Waals surface area contributed by atoms with Crippen molar-refractivity contribution in [2.45, 2.75) is 0 Å². The molecular weight excluding hydrogens is 248 g/mol. The number of rotatable bonds is 2. The molecule has 0 aromatic carbocycles. The van der Waals surface area contributed by atoms with Crippen molar-refractivity contribution in [1.29, 1.82) is 0 Å². The molecule has 0 N–H and O–H groups in total. The Hall–Kier alpha value is -2.22. The van der Waals surface area contributed by atoms with Gasteiger partial charge in [0.2, 0.25) is 5.28 Å². The van der Waals surface area contributed by atoms with E-state index in [0.717, 1.165) is 0 Å². The molecule has 17 heavy (non-hydrogen) atoms. The van der Waals surface area contributed by atoms with Gasteiger partial charge < -0.3 is 4.57 Å². The van der Waals surface area contributed by atoms with Gasteiger partial charge in [-0.05, 0) is 11.6 Å². The molecule has 8 nitrogen and oxygen atoms in total. The van der Waals surface area contributed by atoms with E-state index in [1.165, 1.54) is 21.5 Å². The number of imidazole rings is 1. The molecule has 0 aliphatic carbocycles. The van der Waals surface area contributed by atoms with Gasteiger partial charge in [-0.2, -0.15) is 0 Å². The maximum atomic E-state index is 10.4. The Labute approximate surface area is 100.0 Å². The van der Waals surface area contributed by atoms with Crippen molar-refractivity contribution in [3.05, 3.63) is 45.8 Å². The van der Waals surface area contributed by atoms with Crippen LogP contribution in [-0.4, -0.2) is 24.1 Å². The minimum absolute atomic E-state index is 0.109. The smallest absolute Gasteiger partial charge is 0.286 e. The largest absolute Gasteiger partial charge is 0.315 e. The molecular formula is C8H7ClN6O2. The number of nitro groups is 1. The monoisotopic (exact) mass is 254 g/mol. The van der Waals surface area contributed by atoms with E-state index < -0.39 is 5.03 Å². The fourth-order valence-corrected chi connectivity index (χ4v) is 1.39. The second-order valence-electron chi connectivity index (χ2n) is 3.13. The Kier molecular flexibility index (Phi) is 2.88. The van der Waals surface area contributed by atoms with Crippen LogP contribution in [0.1, 0.15) is 0 Å². The fraction of sp³-hybridized carbons (Fsp3) is 0.125. The molecule has 88 valence electrons. The summed E-state index contributed by atoms with van der Waals surface area (Å²) in [5.41, 5.74) is 0.691. The summed E-state index contributed by atoms with van der Waals surface area (Å²) in [5, 5.41) is 13.0. The Morgan fingerprint density at radius 2 is 2.06 bits per heavy atom. The Morgan fingerprint density at radius 1 is 1.41 bits per heavy atom. The predicted octanol–water partition coefficient (Wildman–Crippen LogP) is 0.352. The number of aryl methyl sites for hydroxylation is 1. The lowest BCUT2D eigenvalue weighted by Gasteiger charge is -2.00. The van der Waals surface area contributed by atoms with Crippen LogP contribution in [0.5, 0.6) is 0 Å². The van der Waals surface area contributed by atoms with Crippen LogP contribution < -0.4 is 5.62 Å². The summed E-state index contributed by atoms with van der Waals surface area (Å²) in [6, 6.07) is 0. The van der Waals surface area contributed by atoms with Gasteiger partial charge in [-0.1, -0.05) is 0 Å². The second-order valence-corrected chi connectivity index (χ2v) is 3.47. The molecule has 9 heteroatoms. The molecule has 0 amide bonds. The molecule has 0 bridgehead atoms. The molecule has 0 saturated carbocycles. The lowest BCUT2D eigenvalue weighted by molar-refractivity contribution is -0.491. The highest BCUT2D eigenvalue weighted by atomic mass is 35.5. The van der Waals surface area contributed by atoms with Crippen LogP contribution in [0.15, 0.2) is 29.9 Å². The van der Waals surface area contributed by atoms with E-state index in [1.807, 2.05) is 0 Å². The van der Waals surface area contributed by atoms with Crippen molar-refractivity contribution in [3.8, 4) is 5.69 Å². The quantitative estimate of drug-likeness (QED) is 0.439. The zero-order valence-electron chi connectivity index (χ0n) is 8.69. The van der Waals surface area contributed by atoms with E-state index in [2.05, 4.69) is 15.1 Å². The molecule has 2 rings (SSSR count). The van der Waals surface area contributed by atoms with E-state index in [4.69, 9.17) is 11.6 Å². The summed E-state index contributed by atoms with van der Waals surface area (Å²) in [5.74, 6) is 0. The lowest BCUT2D eigenvalue weighted by Crippen LogP contribution is -2.24. The van der Waals surface area contributed by atoms with E-state index >= 15 is 0 Å². The van der Waals surface area contributed by atoms with Crippen LogP contribution in [0.4, 0.5) is 0 Å². The zero-order chi connectivity index (χ0) is 12.4. The topological polar surface area (TPSA) is 91.1 Å². The van der Waals surface area contributed by atoms with Crippen LogP contribution in [0, 0.1) is 10.1 Å². The SMILES string of the molecule is Cn1ccn(-c2cnc(Cl)nc2)c1=N[N+](=O)[O-]. The summed E-state index contributed by atoms with van der Waals surface area (Å²) >= 11 is 5.56. The van der Waals surface area contributed by atoms with Crippen LogP contribution in [0.25, 0.3) is 5.69 Å². The molecule has 0 aliphatic rings. The summed E-state index contributed by atoms with van der Waals surface area (Å²) in [7, 11) is 1.65. The maximum absolute atomic E-state index is 10.4. The van der Waals surface area contributed by atoms with Gasteiger partial charge in [0, 0.05) is 19.4 Å². The standard InChI is InChI=1S/C8H7ClN6O2/c1-13-2-3-14(8(13)12-15(16)17)6-4-10-7(9)11-5-6/h2-5H,1H3. The van der Waals surface area contributed by atoms with Gasteiger partial charge in [0.1, 0.15) is 5.10 Å². The van der Waals surface area contributed by atoms with Gasteiger partial charge in [0.25, 0.3) is 5.62 Å². The van der Waals surface area contributed by atoms with Gasteiger partial charge in [0.05, 0.1) is 18.1 Å². The third kappa shape index (κ3) is 2.31. The summed E-state index contributed by atoms with van der Waals surface area (Å²) < 4.78 is 3.00.